The van der Waals surface area contributed by atoms with Crippen molar-refractivity contribution in [3.05, 3.63) is 29.8 Å². The molecule has 3 rings (SSSR count). The normalized spacial score (nSPS) is 20.4. The van der Waals surface area contributed by atoms with E-state index in [4.69, 9.17) is 4.74 Å². The van der Waals surface area contributed by atoms with E-state index in [2.05, 4.69) is 29.8 Å². The summed E-state index contributed by atoms with van der Waals surface area (Å²) < 4.78 is 5.85. The molecule has 0 aromatic heterocycles. The predicted molar refractivity (Wildman–Crippen MR) is 158 cm³/mol. The van der Waals surface area contributed by atoms with Gasteiger partial charge in [0.05, 0.1) is 25.3 Å². The number of hydrogen-bond acceptors (Lipinski definition) is 5. The van der Waals surface area contributed by atoms with Crippen LogP contribution in [0.5, 0.6) is 5.75 Å². The van der Waals surface area contributed by atoms with E-state index in [0.717, 1.165) is 30.6 Å². The molecule has 4 N–H and O–H groups in total. The van der Waals surface area contributed by atoms with Crippen LogP contribution in [0.25, 0.3) is 0 Å². The molecule has 9 nitrogen and oxygen atoms in total. The molecule has 0 unspecified atom stereocenters. The van der Waals surface area contributed by atoms with Gasteiger partial charge in [-0.3, -0.25) is 9.59 Å². The molecule has 0 saturated carbocycles. The van der Waals surface area contributed by atoms with E-state index in [1.165, 1.54) is 0 Å². The van der Waals surface area contributed by atoms with E-state index in [9.17, 15) is 19.5 Å². The highest BCUT2D eigenvalue weighted by Gasteiger charge is 2.31. The van der Waals surface area contributed by atoms with E-state index in [1.807, 2.05) is 58.9 Å². The van der Waals surface area contributed by atoms with Crippen LogP contribution in [0.4, 0.5) is 4.79 Å². The number of carbonyl (C=O) groups is 3. The number of urea groups is 1. The Bertz CT molecular complexity index is 942. The molecular weight excluding hydrogens is 508 g/mol. The van der Waals surface area contributed by atoms with Gasteiger partial charge in [0.15, 0.2) is 0 Å². The van der Waals surface area contributed by atoms with Gasteiger partial charge in [0.1, 0.15) is 11.8 Å². The van der Waals surface area contributed by atoms with Crippen LogP contribution in [-0.2, 0) is 16.0 Å². The monoisotopic (exact) mass is 560 g/mol. The lowest BCUT2D eigenvalue weighted by atomic mass is 9.98. The smallest absolute Gasteiger partial charge is 0.317 e. The summed E-state index contributed by atoms with van der Waals surface area (Å²) >= 11 is 0. The number of nitrogens with zero attached hydrogens (tertiary/aromatic N) is 1. The van der Waals surface area contributed by atoms with Crippen LogP contribution in [0.2, 0.25) is 0 Å². The first-order valence-corrected chi connectivity index (χ1v) is 14.8. The first-order valence-electron chi connectivity index (χ1n) is 14.8. The summed E-state index contributed by atoms with van der Waals surface area (Å²) in [6, 6.07) is 5.99. The lowest BCUT2D eigenvalue weighted by molar-refractivity contribution is -0.131. The minimum absolute atomic E-state index is 0.0550. The number of hydrogen-bond donors (Lipinski definition) is 4. The second kappa shape index (κ2) is 15.8. The van der Waals surface area contributed by atoms with Crippen molar-refractivity contribution in [3.63, 3.8) is 0 Å². The van der Waals surface area contributed by atoms with Crippen LogP contribution >= 0.6 is 0 Å². The van der Waals surface area contributed by atoms with Crippen molar-refractivity contribution >= 4 is 17.8 Å². The number of benzene rings is 1. The third-order valence-electron chi connectivity index (χ3n) is 6.91. The standard InChI is InChI=1S/C31H52N4O5/c1-21(2)16-17-35(30(39)34-31(5,6)7)20-26(36)25-19-23-12-14-24(15-13-23)40-18-10-8-9-11-27(37)33-28(22(3)4)29(38)32-25/h12-15,21-22,25-26,28,36H,8-11,16-20H2,1-7H3,(H,32,38)(H,33,37)(H,34,39)/t25-,26+,28-/m0/s1. The number of nitrogens with one attached hydrogen (secondary N) is 3. The lowest BCUT2D eigenvalue weighted by Gasteiger charge is -2.34. The molecule has 2 bridgehead atoms. The molecule has 40 heavy (non-hydrogen) atoms. The number of aliphatic hydroxyl groups excluding tert-OH is 1. The molecule has 1 aromatic carbocycles. The fourth-order valence-electron chi connectivity index (χ4n) is 4.51. The topological polar surface area (TPSA) is 120 Å². The third kappa shape index (κ3) is 12.1. The van der Waals surface area contributed by atoms with Crippen molar-refractivity contribution in [2.75, 3.05) is 19.7 Å². The Morgan fingerprint density at radius 3 is 2.35 bits per heavy atom. The average molecular weight is 561 g/mol. The number of fused-ring (bicyclic) bond motifs is 14. The summed E-state index contributed by atoms with van der Waals surface area (Å²) in [5.74, 6) is 0.485. The quantitative estimate of drug-likeness (QED) is 0.402. The summed E-state index contributed by atoms with van der Waals surface area (Å²) in [6.45, 7) is 14.8. The highest BCUT2D eigenvalue weighted by atomic mass is 16.5. The summed E-state index contributed by atoms with van der Waals surface area (Å²) in [5.41, 5.74) is 0.485. The zero-order valence-corrected chi connectivity index (χ0v) is 25.6. The SMILES string of the molecule is CC(C)CCN(C[C@@H](O)[C@@H]1Cc2ccc(cc2)OCCCCCC(=O)N[C@@H](C(C)C)C(=O)N1)C(=O)NC(C)(C)C. The number of rotatable bonds is 7. The second-order valence-corrected chi connectivity index (χ2v) is 12.8. The molecule has 0 aliphatic carbocycles. The fourth-order valence-corrected chi connectivity index (χ4v) is 4.51. The Morgan fingerprint density at radius 1 is 1.07 bits per heavy atom. The highest BCUT2D eigenvalue weighted by Crippen LogP contribution is 2.17. The molecule has 1 aromatic rings. The van der Waals surface area contributed by atoms with Gasteiger partial charge in [0.25, 0.3) is 0 Å². The van der Waals surface area contributed by atoms with E-state index in [0.29, 0.717) is 38.3 Å². The minimum atomic E-state index is -1.04. The van der Waals surface area contributed by atoms with Gasteiger partial charge in [-0.25, -0.2) is 4.79 Å². The summed E-state index contributed by atoms with van der Waals surface area (Å²) in [6.07, 6.45) is 2.84. The molecule has 0 saturated heterocycles. The van der Waals surface area contributed by atoms with Gasteiger partial charge in [0.2, 0.25) is 11.8 Å². The maximum absolute atomic E-state index is 13.5. The zero-order valence-electron chi connectivity index (χ0n) is 25.6. The zero-order chi connectivity index (χ0) is 29.9. The van der Waals surface area contributed by atoms with Gasteiger partial charge in [-0.2, -0.15) is 0 Å². The van der Waals surface area contributed by atoms with Gasteiger partial charge >= 0.3 is 6.03 Å². The largest absolute Gasteiger partial charge is 0.494 e. The lowest BCUT2D eigenvalue weighted by Crippen LogP contribution is -2.58. The molecule has 0 radical (unpaired) electrons. The molecule has 2 aliphatic rings. The van der Waals surface area contributed by atoms with Crippen LogP contribution in [0.1, 0.15) is 86.1 Å². The Labute approximate surface area is 240 Å². The van der Waals surface area contributed by atoms with Gasteiger partial charge in [0, 0.05) is 18.5 Å². The molecule has 0 spiro atoms. The van der Waals surface area contributed by atoms with Crippen LogP contribution < -0.4 is 20.7 Å². The van der Waals surface area contributed by atoms with Gasteiger partial charge < -0.3 is 30.7 Å². The molecule has 0 fully saturated rings. The Hall–Kier alpha value is -2.81. The second-order valence-electron chi connectivity index (χ2n) is 12.8. The van der Waals surface area contributed by atoms with Crippen molar-refractivity contribution < 1.29 is 24.2 Å². The molecule has 226 valence electrons. The van der Waals surface area contributed by atoms with Crippen LogP contribution in [0, 0.1) is 11.8 Å². The van der Waals surface area contributed by atoms with Gasteiger partial charge in [-0.15, -0.1) is 0 Å². The van der Waals surface area contributed by atoms with Crippen molar-refractivity contribution in [1.82, 2.24) is 20.9 Å². The van der Waals surface area contributed by atoms with E-state index in [-0.39, 0.29) is 30.3 Å². The molecule has 3 atom stereocenters. The highest BCUT2D eigenvalue weighted by molar-refractivity contribution is 5.88. The number of amides is 4. The first kappa shape index (κ1) is 33.4. The average Bonchev–Trinajstić information content (AvgIpc) is 2.85. The third-order valence-corrected chi connectivity index (χ3v) is 6.91. The molecular formula is C31H52N4O5. The maximum Gasteiger partial charge on any atom is 0.317 e. The first-order chi connectivity index (χ1) is 18.7. The molecule has 4 amide bonds. The van der Waals surface area contributed by atoms with Crippen molar-refractivity contribution in [2.24, 2.45) is 11.8 Å². The van der Waals surface area contributed by atoms with E-state index >= 15 is 0 Å². The van der Waals surface area contributed by atoms with Crippen molar-refractivity contribution in [1.29, 1.82) is 0 Å². The molecule has 2 aliphatic heterocycles. The Morgan fingerprint density at radius 2 is 1.75 bits per heavy atom. The van der Waals surface area contributed by atoms with Crippen molar-refractivity contribution in [3.8, 4) is 5.75 Å². The fraction of sp³-hybridized carbons (Fsp3) is 0.710. The number of aliphatic hydroxyl groups is 1. The van der Waals surface area contributed by atoms with Gasteiger partial charge in [-0.05, 0) is 82.4 Å². The van der Waals surface area contributed by atoms with Crippen molar-refractivity contribution in [2.45, 2.75) is 111 Å². The summed E-state index contributed by atoms with van der Waals surface area (Å²) in [5, 5.41) is 20.4. The summed E-state index contributed by atoms with van der Waals surface area (Å²) in [4.78, 5) is 40.9. The van der Waals surface area contributed by atoms with Crippen LogP contribution in [0.15, 0.2) is 24.3 Å². The van der Waals surface area contributed by atoms with E-state index < -0.39 is 23.7 Å². The van der Waals surface area contributed by atoms with Gasteiger partial charge in [-0.1, -0.05) is 39.8 Å². The Kier molecular flexibility index (Phi) is 13.2. The molecule has 2 heterocycles. The van der Waals surface area contributed by atoms with Crippen LogP contribution in [-0.4, -0.2) is 71.3 Å². The number of ether oxygens (including phenoxy) is 1. The Balaban J connectivity index is 2.33. The van der Waals surface area contributed by atoms with E-state index in [1.54, 1.807) is 4.90 Å². The van der Waals surface area contributed by atoms with Crippen LogP contribution in [0.3, 0.4) is 0 Å². The maximum atomic E-state index is 13.5. The predicted octanol–water partition coefficient (Wildman–Crippen LogP) is 4.02. The minimum Gasteiger partial charge on any atom is -0.494 e. The number of carbonyl (C=O) groups excluding carboxylic acids is 3. The summed E-state index contributed by atoms with van der Waals surface area (Å²) in [7, 11) is 0. The molecule has 9 heteroatoms.